The Bertz CT molecular complexity index is 1510. The Labute approximate surface area is 186 Å². The highest BCUT2D eigenvalue weighted by atomic mass is 32.2. The molecule has 5 rings (SSSR count). The van der Waals surface area contributed by atoms with Gasteiger partial charge in [-0.25, -0.2) is 8.78 Å². The number of benzene rings is 2. The molecule has 0 aliphatic carbocycles. The summed E-state index contributed by atoms with van der Waals surface area (Å²) in [5.74, 6) is -1.07. The minimum absolute atomic E-state index is 0.0848. The average Bonchev–Trinajstić information content (AvgIpc) is 3.34. The lowest BCUT2D eigenvalue weighted by atomic mass is 10.2. The van der Waals surface area contributed by atoms with Crippen molar-refractivity contribution in [3.63, 3.8) is 0 Å². The van der Waals surface area contributed by atoms with Gasteiger partial charge >= 0.3 is 0 Å². The molecule has 0 saturated heterocycles. The number of thioether (sulfide) groups is 1. The van der Waals surface area contributed by atoms with E-state index < -0.39 is 11.6 Å². The van der Waals surface area contributed by atoms with Crippen molar-refractivity contribution in [2.24, 2.45) is 0 Å². The first-order valence-corrected chi connectivity index (χ1v) is 11.0. The van der Waals surface area contributed by atoms with Crippen molar-refractivity contribution in [3.8, 4) is 5.69 Å². The maximum Gasteiger partial charge on any atom is 0.196 e. The Morgan fingerprint density at radius 3 is 2.66 bits per heavy atom. The molecule has 0 aliphatic rings. The predicted molar refractivity (Wildman–Crippen MR) is 121 cm³/mol. The zero-order valence-corrected chi connectivity index (χ0v) is 18.2. The quantitative estimate of drug-likeness (QED) is 0.262. The SMILES string of the molecule is Cc1cc(C(=O)CSc2nnc3ccc4ccccc4n23)c(C)n1-c1cc(F)ccc1F. The van der Waals surface area contributed by atoms with Crippen LogP contribution in [0.1, 0.15) is 21.7 Å². The predicted octanol–water partition coefficient (Wildman–Crippen LogP) is 5.54. The van der Waals surface area contributed by atoms with Gasteiger partial charge in [-0.3, -0.25) is 9.20 Å². The van der Waals surface area contributed by atoms with E-state index >= 15 is 0 Å². The average molecular weight is 448 g/mol. The summed E-state index contributed by atoms with van der Waals surface area (Å²) in [4.78, 5) is 13.0. The molecule has 2 aromatic carbocycles. The molecule has 3 aromatic heterocycles. The number of para-hydroxylation sites is 1. The topological polar surface area (TPSA) is 52.2 Å². The Balaban J connectivity index is 1.46. The highest BCUT2D eigenvalue weighted by molar-refractivity contribution is 7.99. The number of fused-ring (bicyclic) bond motifs is 3. The molecule has 0 radical (unpaired) electrons. The molecule has 5 nitrogen and oxygen atoms in total. The van der Waals surface area contributed by atoms with E-state index in [1.165, 1.54) is 11.8 Å². The Kier molecular flexibility index (Phi) is 5.01. The zero-order valence-electron chi connectivity index (χ0n) is 17.3. The van der Waals surface area contributed by atoms with Gasteiger partial charge in [0.15, 0.2) is 16.6 Å². The van der Waals surface area contributed by atoms with Crippen molar-refractivity contribution < 1.29 is 13.6 Å². The van der Waals surface area contributed by atoms with E-state index in [1.807, 2.05) is 40.8 Å². The smallest absolute Gasteiger partial charge is 0.196 e. The second-order valence-corrected chi connectivity index (χ2v) is 8.44. The second kappa shape index (κ2) is 7.87. The molecule has 0 amide bonds. The largest absolute Gasteiger partial charge is 0.315 e. The summed E-state index contributed by atoms with van der Waals surface area (Å²) < 4.78 is 31.5. The number of hydrogen-bond acceptors (Lipinski definition) is 4. The molecule has 0 N–H and O–H groups in total. The molecule has 0 unspecified atom stereocenters. The maximum atomic E-state index is 14.3. The van der Waals surface area contributed by atoms with Gasteiger partial charge < -0.3 is 4.57 Å². The van der Waals surface area contributed by atoms with Crippen molar-refractivity contribution in [1.29, 1.82) is 0 Å². The first kappa shape index (κ1) is 20.4. The number of carbonyl (C=O) groups is 1. The van der Waals surface area contributed by atoms with Crippen molar-refractivity contribution >= 4 is 34.1 Å². The standard InChI is InChI=1S/C24H18F2N4OS/c1-14-11-18(15(2)29(14)21-12-17(25)8-9-19(21)26)22(31)13-32-24-28-27-23-10-7-16-5-3-4-6-20(16)30(23)24/h3-12H,13H2,1-2H3. The lowest BCUT2D eigenvalue weighted by molar-refractivity contribution is 0.102. The van der Waals surface area contributed by atoms with Crippen LogP contribution in [0.25, 0.3) is 22.2 Å². The first-order valence-electron chi connectivity index (χ1n) is 9.97. The summed E-state index contributed by atoms with van der Waals surface area (Å²) >= 11 is 1.30. The number of aryl methyl sites for hydroxylation is 1. The summed E-state index contributed by atoms with van der Waals surface area (Å²) in [7, 11) is 0. The van der Waals surface area contributed by atoms with E-state index in [0.717, 1.165) is 29.1 Å². The highest BCUT2D eigenvalue weighted by Gasteiger charge is 2.20. The van der Waals surface area contributed by atoms with Gasteiger partial charge in [-0.2, -0.15) is 0 Å². The molecule has 0 fully saturated rings. The van der Waals surface area contributed by atoms with Crippen LogP contribution in [0.15, 0.2) is 65.8 Å². The summed E-state index contributed by atoms with van der Waals surface area (Å²) in [6.07, 6.45) is 0. The van der Waals surface area contributed by atoms with Crippen molar-refractivity contribution in [2.45, 2.75) is 19.0 Å². The summed E-state index contributed by atoms with van der Waals surface area (Å²) in [5.41, 5.74) is 3.44. The van der Waals surface area contributed by atoms with Crippen LogP contribution in [0.3, 0.4) is 0 Å². The number of hydrogen-bond donors (Lipinski definition) is 0. The van der Waals surface area contributed by atoms with Crippen molar-refractivity contribution in [3.05, 3.63) is 89.2 Å². The van der Waals surface area contributed by atoms with Gasteiger partial charge in [-0.1, -0.05) is 30.0 Å². The second-order valence-electron chi connectivity index (χ2n) is 7.50. The third-order valence-corrected chi connectivity index (χ3v) is 6.39. The minimum Gasteiger partial charge on any atom is -0.315 e. The van der Waals surface area contributed by atoms with Gasteiger partial charge in [-0.15, -0.1) is 10.2 Å². The van der Waals surface area contributed by atoms with Crippen LogP contribution >= 0.6 is 11.8 Å². The van der Waals surface area contributed by atoms with E-state index in [4.69, 9.17) is 0 Å². The first-order chi connectivity index (χ1) is 15.4. The number of pyridine rings is 1. The van der Waals surface area contributed by atoms with Gasteiger partial charge in [0, 0.05) is 23.0 Å². The molecule has 0 saturated carbocycles. The van der Waals surface area contributed by atoms with Crippen LogP contribution in [0, 0.1) is 25.5 Å². The molecule has 0 aliphatic heterocycles. The minimum atomic E-state index is -0.552. The van der Waals surface area contributed by atoms with E-state index in [1.54, 1.807) is 24.5 Å². The highest BCUT2D eigenvalue weighted by Crippen LogP contribution is 2.27. The van der Waals surface area contributed by atoms with Crippen LogP contribution in [0.4, 0.5) is 8.78 Å². The van der Waals surface area contributed by atoms with E-state index in [2.05, 4.69) is 10.2 Å². The number of halogens is 2. The van der Waals surface area contributed by atoms with Crippen LogP contribution in [0.2, 0.25) is 0 Å². The van der Waals surface area contributed by atoms with Crippen molar-refractivity contribution in [1.82, 2.24) is 19.2 Å². The summed E-state index contributed by atoms with van der Waals surface area (Å²) in [6.45, 7) is 3.49. The number of aromatic nitrogens is 4. The fourth-order valence-corrected chi connectivity index (χ4v) is 4.82. The van der Waals surface area contributed by atoms with Crippen LogP contribution < -0.4 is 0 Å². The zero-order chi connectivity index (χ0) is 22.4. The third kappa shape index (κ3) is 3.36. The van der Waals surface area contributed by atoms with Crippen LogP contribution in [-0.2, 0) is 0 Å². The fourth-order valence-electron chi connectivity index (χ4n) is 3.99. The molecular formula is C24H18F2N4OS. The Morgan fingerprint density at radius 1 is 1.00 bits per heavy atom. The number of Topliss-reactive ketones (excluding diaryl/α,β-unsaturated/α-hetero) is 1. The van der Waals surface area contributed by atoms with Crippen LogP contribution in [0.5, 0.6) is 0 Å². The molecule has 0 bridgehead atoms. The van der Waals surface area contributed by atoms with Gasteiger partial charge in [0.25, 0.3) is 0 Å². The maximum absolute atomic E-state index is 14.3. The third-order valence-electron chi connectivity index (χ3n) is 5.46. The van der Waals surface area contributed by atoms with Gasteiger partial charge in [-0.05, 0) is 55.6 Å². The molecule has 0 spiro atoms. The molecule has 0 atom stereocenters. The van der Waals surface area contributed by atoms with E-state index in [0.29, 0.717) is 27.8 Å². The van der Waals surface area contributed by atoms with E-state index in [-0.39, 0.29) is 17.2 Å². The summed E-state index contributed by atoms with van der Waals surface area (Å²) in [5, 5.41) is 10.1. The van der Waals surface area contributed by atoms with Crippen molar-refractivity contribution in [2.75, 3.05) is 5.75 Å². The molecule has 160 valence electrons. The van der Waals surface area contributed by atoms with E-state index in [9.17, 15) is 13.6 Å². The molecule has 3 heterocycles. The normalized spacial score (nSPS) is 11.5. The number of ketones is 1. The lowest BCUT2D eigenvalue weighted by Gasteiger charge is -2.11. The number of rotatable bonds is 5. The van der Waals surface area contributed by atoms with Gasteiger partial charge in [0.2, 0.25) is 0 Å². The fraction of sp³-hybridized carbons (Fsp3) is 0.125. The Morgan fingerprint density at radius 2 is 1.81 bits per heavy atom. The van der Waals surface area contributed by atoms with Gasteiger partial charge in [0.05, 0.1) is 17.0 Å². The molecule has 5 aromatic rings. The lowest BCUT2D eigenvalue weighted by Crippen LogP contribution is -2.07. The molecule has 8 heteroatoms. The molecular weight excluding hydrogens is 430 g/mol. The number of carbonyl (C=O) groups excluding carboxylic acids is 1. The Hall–Kier alpha value is -3.52. The monoisotopic (exact) mass is 448 g/mol. The number of nitrogens with zero attached hydrogens (tertiary/aromatic N) is 4. The molecule has 32 heavy (non-hydrogen) atoms. The van der Waals surface area contributed by atoms with Gasteiger partial charge in [0.1, 0.15) is 11.6 Å². The summed E-state index contributed by atoms with van der Waals surface area (Å²) in [6, 6.07) is 16.8. The van der Waals surface area contributed by atoms with Crippen LogP contribution in [-0.4, -0.2) is 30.7 Å².